The number of hydrogen-bond donors (Lipinski definition) is 1. The van der Waals surface area contributed by atoms with Crippen LogP contribution in [0.15, 0.2) is 11.4 Å². The molecule has 1 unspecified atom stereocenters. The van der Waals surface area contributed by atoms with Crippen molar-refractivity contribution < 1.29 is 4.74 Å². The van der Waals surface area contributed by atoms with Gasteiger partial charge < -0.3 is 20.3 Å². The molecular formula is C14H25N3OS. The van der Waals surface area contributed by atoms with Crippen molar-refractivity contribution in [2.24, 2.45) is 5.73 Å². The number of nitrogens with two attached hydrogens (primary N) is 1. The molecule has 1 aromatic rings. The molecule has 1 fully saturated rings. The maximum Gasteiger partial charge on any atom is 0.134 e. The lowest BCUT2D eigenvalue weighted by molar-refractivity contribution is 0.128. The molecule has 0 aliphatic carbocycles. The fourth-order valence-corrected chi connectivity index (χ4v) is 2.98. The Labute approximate surface area is 120 Å². The van der Waals surface area contributed by atoms with Crippen molar-refractivity contribution in [1.29, 1.82) is 0 Å². The molecule has 108 valence electrons. The fraction of sp³-hybridized carbons (Fsp3) is 0.714. The van der Waals surface area contributed by atoms with Crippen LogP contribution in [-0.4, -0.2) is 55.7 Å². The van der Waals surface area contributed by atoms with Crippen LogP contribution in [0.4, 0.5) is 0 Å². The molecule has 2 heterocycles. The molecule has 1 aromatic heterocycles. The van der Waals surface area contributed by atoms with Gasteiger partial charge in [-0.25, -0.2) is 0 Å². The van der Waals surface area contributed by atoms with Crippen molar-refractivity contribution in [2.75, 3.05) is 39.8 Å². The molecule has 1 aliphatic rings. The molecule has 0 saturated carbocycles. The number of likely N-dealkylation sites (N-methyl/N-ethyl adjacent to an activating group) is 1. The van der Waals surface area contributed by atoms with Gasteiger partial charge in [-0.15, -0.1) is 11.3 Å². The Kier molecular flexibility index (Phi) is 5.63. The standard InChI is InChI=1S/C14H25N3OS/c1-12(18-13-4-10-19-14(13)11-15)3-5-17-8-6-16(2)7-9-17/h4,10,12H,3,5-9,11,15H2,1-2H3. The van der Waals surface area contributed by atoms with Crippen LogP contribution in [0.5, 0.6) is 5.75 Å². The van der Waals surface area contributed by atoms with Crippen molar-refractivity contribution in [2.45, 2.75) is 26.0 Å². The van der Waals surface area contributed by atoms with Gasteiger partial charge in [-0.2, -0.15) is 0 Å². The molecule has 2 rings (SSSR count). The third kappa shape index (κ3) is 4.45. The first kappa shape index (κ1) is 14.8. The number of nitrogens with zero attached hydrogens (tertiary/aromatic N) is 2. The lowest BCUT2D eigenvalue weighted by Gasteiger charge is -2.32. The van der Waals surface area contributed by atoms with Crippen LogP contribution in [0, 0.1) is 0 Å². The van der Waals surface area contributed by atoms with Crippen molar-refractivity contribution in [3.05, 3.63) is 16.3 Å². The van der Waals surface area contributed by atoms with Gasteiger partial charge in [0.15, 0.2) is 0 Å². The largest absolute Gasteiger partial charge is 0.489 e. The molecule has 0 aromatic carbocycles. The Hall–Kier alpha value is -0.620. The highest BCUT2D eigenvalue weighted by Crippen LogP contribution is 2.25. The Morgan fingerprint density at radius 2 is 2.11 bits per heavy atom. The molecule has 19 heavy (non-hydrogen) atoms. The average molecular weight is 283 g/mol. The minimum atomic E-state index is 0.250. The highest BCUT2D eigenvalue weighted by Gasteiger charge is 2.15. The molecule has 0 amide bonds. The molecule has 4 nitrogen and oxygen atoms in total. The maximum absolute atomic E-state index is 5.98. The lowest BCUT2D eigenvalue weighted by atomic mass is 10.2. The van der Waals surface area contributed by atoms with E-state index < -0.39 is 0 Å². The highest BCUT2D eigenvalue weighted by molar-refractivity contribution is 7.10. The quantitative estimate of drug-likeness (QED) is 0.861. The summed E-state index contributed by atoms with van der Waals surface area (Å²) in [4.78, 5) is 6.05. The minimum absolute atomic E-state index is 0.250. The van der Waals surface area contributed by atoms with Gasteiger partial charge in [-0.3, -0.25) is 0 Å². The van der Waals surface area contributed by atoms with E-state index in [1.54, 1.807) is 11.3 Å². The van der Waals surface area contributed by atoms with E-state index in [4.69, 9.17) is 10.5 Å². The van der Waals surface area contributed by atoms with Crippen LogP contribution in [0.2, 0.25) is 0 Å². The molecule has 1 aliphatic heterocycles. The zero-order chi connectivity index (χ0) is 13.7. The van der Waals surface area contributed by atoms with E-state index in [9.17, 15) is 0 Å². The summed E-state index contributed by atoms with van der Waals surface area (Å²) in [5.41, 5.74) is 5.69. The lowest BCUT2D eigenvalue weighted by Crippen LogP contribution is -2.45. The van der Waals surface area contributed by atoms with Crippen molar-refractivity contribution in [1.82, 2.24) is 9.80 Å². The van der Waals surface area contributed by atoms with E-state index in [1.807, 2.05) is 11.4 Å². The van der Waals surface area contributed by atoms with E-state index >= 15 is 0 Å². The Morgan fingerprint density at radius 3 is 2.79 bits per heavy atom. The smallest absolute Gasteiger partial charge is 0.134 e. The zero-order valence-electron chi connectivity index (χ0n) is 12.0. The van der Waals surface area contributed by atoms with Gasteiger partial charge in [0, 0.05) is 39.3 Å². The Balaban J connectivity index is 1.71. The molecule has 0 bridgehead atoms. The van der Waals surface area contributed by atoms with E-state index in [0.29, 0.717) is 6.54 Å². The summed E-state index contributed by atoms with van der Waals surface area (Å²) in [7, 11) is 2.19. The number of hydrogen-bond acceptors (Lipinski definition) is 5. The summed E-state index contributed by atoms with van der Waals surface area (Å²) in [5.74, 6) is 0.971. The van der Waals surface area contributed by atoms with Crippen LogP contribution in [0.25, 0.3) is 0 Å². The monoisotopic (exact) mass is 283 g/mol. The van der Waals surface area contributed by atoms with Gasteiger partial charge in [-0.05, 0) is 31.8 Å². The number of rotatable bonds is 6. The second-order valence-electron chi connectivity index (χ2n) is 5.27. The molecule has 0 radical (unpaired) electrons. The first-order chi connectivity index (χ1) is 9.19. The first-order valence-electron chi connectivity index (χ1n) is 7.03. The maximum atomic E-state index is 5.98. The summed E-state index contributed by atoms with van der Waals surface area (Å²) in [5, 5.41) is 2.05. The summed E-state index contributed by atoms with van der Waals surface area (Å²) in [6.45, 7) is 8.54. The van der Waals surface area contributed by atoms with E-state index in [0.717, 1.165) is 23.6 Å². The van der Waals surface area contributed by atoms with Gasteiger partial charge in [0.2, 0.25) is 0 Å². The summed E-state index contributed by atoms with van der Waals surface area (Å²) >= 11 is 1.67. The van der Waals surface area contributed by atoms with E-state index in [2.05, 4.69) is 23.8 Å². The summed E-state index contributed by atoms with van der Waals surface area (Å²) in [6.07, 6.45) is 1.32. The van der Waals surface area contributed by atoms with Crippen LogP contribution >= 0.6 is 11.3 Å². The predicted molar refractivity (Wildman–Crippen MR) is 80.9 cm³/mol. The SMILES string of the molecule is CC(CCN1CCN(C)CC1)Oc1ccsc1CN. The van der Waals surface area contributed by atoms with Crippen molar-refractivity contribution >= 4 is 11.3 Å². The molecule has 5 heteroatoms. The normalized spacial score (nSPS) is 19.5. The van der Waals surface area contributed by atoms with Crippen LogP contribution in [0.3, 0.4) is 0 Å². The molecule has 0 spiro atoms. The van der Waals surface area contributed by atoms with E-state index in [1.165, 1.54) is 26.2 Å². The zero-order valence-corrected chi connectivity index (χ0v) is 12.8. The third-order valence-electron chi connectivity index (χ3n) is 3.67. The van der Waals surface area contributed by atoms with Crippen molar-refractivity contribution in [3.8, 4) is 5.75 Å². The minimum Gasteiger partial charge on any atom is -0.489 e. The highest BCUT2D eigenvalue weighted by atomic mass is 32.1. The fourth-order valence-electron chi connectivity index (χ4n) is 2.29. The molecule has 1 saturated heterocycles. The Morgan fingerprint density at radius 1 is 1.37 bits per heavy atom. The van der Waals surface area contributed by atoms with Crippen molar-refractivity contribution in [3.63, 3.8) is 0 Å². The molecule has 1 atom stereocenters. The second kappa shape index (κ2) is 7.24. The topological polar surface area (TPSA) is 41.7 Å². The van der Waals surface area contributed by atoms with Crippen LogP contribution in [0.1, 0.15) is 18.2 Å². The summed E-state index contributed by atoms with van der Waals surface area (Å²) in [6, 6.07) is 2.03. The van der Waals surface area contributed by atoms with Crippen LogP contribution < -0.4 is 10.5 Å². The number of piperazine rings is 1. The van der Waals surface area contributed by atoms with Gasteiger partial charge >= 0.3 is 0 Å². The number of ether oxygens (including phenoxy) is 1. The Bertz CT molecular complexity index is 375. The van der Waals surface area contributed by atoms with E-state index in [-0.39, 0.29) is 6.10 Å². The van der Waals surface area contributed by atoms with Gasteiger partial charge in [0.1, 0.15) is 5.75 Å². The molecular weight excluding hydrogens is 258 g/mol. The van der Waals surface area contributed by atoms with Crippen LogP contribution in [-0.2, 0) is 6.54 Å². The van der Waals surface area contributed by atoms with Gasteiger partial charge in [0.25, 0.3) is 0 Å². The second-order valence-corrected chi connectivity index (χ2v) is 6.27. The molecule has 2 N–H and O–H groups in total. The number of thiophene rings is 1. The third-order valence-corrected chi connectivity index (χ3v) is 4.59. The van der Waals surface area contributed by atoms with Gasteiger partial charge in [0.05, 0.1) is 11.0 Å². The average Bonchev–Trinajstić information content (AvgIpc) is 2.85. The van der Waals surface area contributed by atoms with Gasteiger partial charge in [-0.1, -0.05) is 0 Å². The first-order valence-corrected chi connectivity index (χ1v) is 7.91. The summed E-state index contributed by atoms with van der Waals surface area (Å²) < 4.78 is 5.98. The predicted octanol–water partition coefficient (Wildman–Crippen LogP) is 1.61.